The van der Waals surface area contributed by atoms with Crippen LogP contribution in [-0.4, -0.2) is 43.6 Å². The molecule has 1 fully saturated rings. The van der Waals surface area contributed by atoms with Gasteiger partial charge in [-0.25, -0.2) is 0 Å². The standard InChI is InChI=1S/C17H27NO3/c1-3-13-5-4-6-17(9-13)21-12-15(19)11-18-14-7-8-16(10-14)20-2/h4-6,9,14-16,18-19H,3,7-8,10-12H2,1-2H3. The Kier molecular flexibility index (Phi) is 6.49. The first-order valence-electron chi connectivity index (χ1n) is 7.87. The Morgan fingerprint density at radius 3 is 2.95 bits per heavy atom. The normalized spacial score (nSPS) is 23.2. The fourth-order valence-electron chi connectivity index (χ4n) is 2.75. The van der Waals surface area contributed by atoms with Crippen molar-refractivity contribution in [1.82, 2.24) is 5.32 Å². The van der Waals surface area contributed by atoms with Crippen molar-refractivity contribution in [2.75, 3.05) is 20.3 Å². The van der Waals surface area contributed by atoms with Crippen LogP contribution in [0.4, 0.5) is 0 Å². The van der Waals surface area contributed by atoms with Crippen LogP contribution in [0.2, 0.25) is 0 Å². The molecule has 2 N–H and O–H groups in total. The van der Waals surface area contributed by atoms with E-state index in [0.29, 0.717) is 25.3 Å². The third-order valence-corrected chi connectivity index (χ3v) is 4.11. The monoisotopic (exact) mass is 293 g/mol. The molecule has 0 amide bonds. The quantitative estimate of drug-likeness (QED) is 0.771. The van der Waals surface area contributed by atoms with Crippen molar-refractivity contribution < 1.29 is 14.6 Å². The lowest BCUT2D eigenvalue weighted by Crippen LogP contribution is -2.37. The molecule has 0 spiro atoms. The van der Waals surface area contributed by atoms with Gasteiger partial charge in [-0.05, 0) is 43.4 Å². The Bertz CT molecular complexity index is 424. The molecule has 21 heavy (non-hydrogen) atoms. The van der Waals surface area contributed by atoms with E-state index in [1.165, 1.54) is 5.56 Å². The number of benzene rings is 1. The molecule has 3 atom stereocenters. The minimum atomic E-state index is -0.489. The van der Waals surface area contributed by atoms with Gasteiger partial charge >= 0.3 is 0 Å². The molecule has 1 aliphatic carbocycles. The van der Waals surface area contributed by atoms with Gasteiger partial charge in [-0.3, -0.25) is 0 Å². The first-order valence-corrected chi connectivity index (χ1v) is 7.87. The predicted octanol–water partition coefficient (Wildman–Crippen LogP) is 2.15. The van der Waals surface area contributed by atoms with E-state index in [2.05, 4.69) is 18.3 Å². The summed E-state index contributed by atoms with van der Waals surface area (Å²) in [4.78, 5) is 0. The minimum absolute atomic E-state index is 0.320. The number of ether oxygens (including phenoxy) is 2. The average Bonchev–Trinajstić information content (AvgIpc) is 2.99. The van der Waals surface area contributed by atoms with Crippen LogP contribution < -0.4 is 10.1 Å². The molecule has 0 saturated heterocycles. The molecule has 1 aromatic carbocycles. The van der Waals surface area contributed by atoms with Crippen LogP contribution in [0.3, 0.4) is 0 Å². The Balaban J connectivity index is 1.66. The molecule has 4 heteroatoms. The van der Waals surface area contributed by atoms with E-state index in [9.17, 15) is 5.11 Å². The molecule has 1 saturated carbocycles. The third-order valence-electron chi connectivity index (χ3n) is 4.11. The fraction of sp³-hybridized carbons (Fsp3) is 0.647. The number of methoxy groups -OCH3 is 1. The van der Waals surface area contributed by atoms with Crippen LogP contribution >= 0.6 is 0 Å². The summed E-state index contributed by atoms with van der Waals surface area (Å²) in [5.74, 6) is 0.828. The lowest BCUT2D eigenvalue weighted by atomic mass is 10.2. The van der Waals surface area contributed by atoms with Gasteiger partial charge in [0.15, 0.2) is 0 Å². The molecule has 0 bridgehead atoms. The van der Waals surface area contributed by atoms with Crippen LogP contribution in [0.25, 0.3) is 0 Å². The number of hydrogen-bond acceptors (Lipinski definition) is 4. The molecule has 0 heterocycles. The summed E-state index contributed by atoms with van der Waals surface area (Å²) >= 11 is 0. The van der Waals surface area contributed by atoms with Crippen molar-refractivity contribution >= 4 is 0 Å². The zero-order valence-electron chi connectivity index (χ0n) is 13.0. The molecule has 3 unspecified atom stereocenters. The molecule has 0 aliphatic heterocycles. The molecular weight excluding hydrogens is 266 g/mol. The Labute approximate surface area is 127 Å². The van der Waals surface area contributed by atoms with E-state index in [1.54, 1.807) is 7.11 Å². The van der Waals surface area contributed by atoms with Gasteiger partial charge in [0.05, 0.1) is 6.10 Å². The number of aliphatic hydroxyl groups excluding tert-OH is 1. The lowest BCUT2D eigenvalue weighted by molar-refractivity contribution is 0.0966. The van der Waals surface area contributed by atoms with Crippen LogP contribution in [0.1, 0.15) is 31.7 Å². The highest BCUT2D eigenvalue weighted by molar-refractivity contribution is 5.28. The highest BCUT2D eigenvalue weighted by atomic mass is 16.5. The first-order chi connectivity index (χ1) is 10.2. The average molecular weight is 293 g/mol. The van der Waals surface area contributed by atoms with Crippen molar-refractivity contribution in [2.24, 2.45) is 0 Å². The van der Waals surface area contributed by atoms with Gasteiger partial charge in [0.25, 0.3) is 0 Å². The number of rotatable bonds is 8. The van der Waals surface area contributed by atoms with Crippen molar-refractivity contribution in [2.45, 2.75) is 50.9 Å². The maximum absolute atomic E-state index is 10.0. The zero-order valence-corrected chi connectivity index (χ0v) is 13.0. The summed E-state index contributed by atoms with van der Waals surface area (Å²) in [5, 5.41) is 13.4. The van der Waals surface area contributed by atoms with Gasteiger partial charge < -0.3 is 19.9 Å². The van der Waals surface area contributed by atoms with E-state index in [0.717, 1.165) is 31.4 Å². The van der Waals surface area contributed by atoms with E-state index < -0.39 is 6.10 Å². The summed E-state index contributed by atoms with van der Waals surface area (Å²) in [7, 11) is 1.76. The number of hydrogen-bond donors (Lipinski definition) is 2. The van der Waals surface area contributed by atoms with Crippen LogP contribution in [0.5, 0.6) is 5.75 Å². The topological polar surface area (TPSA) is 50.7 Å². The Morgan fingerprint density at radius 1 is 1.38 bits per heavy atom. The Morgan fingerprint density at radius 2 is 2.24 bits per heavy atom. The molecular formula is C17H27NO3. The lowest BCUT2D eigenvalue weighted by Gasteiger charge is -2.17. The van der Waals surface area contributed by atoms with Crippen LogP contribution in [0, 0.1) is 0 Å². The second-order valence-corrected chi connectivity index (χ2v) is 5.74. The van der Waals surface area contributed by atoms with E-state index >= 15 is 0 Å². The molecule has 0 radical (unpaired) electrons. The number of aliphatic hydroxyl groups is 1. The minimum Gasteiger partial charge on any atom is -0.491 e. The number of aryl methyl sites for hydroxylation is 1. The first kappa shape index (κ1) is 16.3. The van der Waals surface area contributed by atoms with Gasteiger partial charge in [-0.2, -0.15) is 0 Å². The molecule has 118 valence electrons. The summed E-state index contributed by atoms with van der Waals surface area (Å²) in [5.41, 5.74) is 1.25. The second-order valence-electron chi connectivity index (χ2n) is 5.74. The van der Waals surface area contributed by atoms with Gasteiger partial charge in [-0.1, -0.05) is 19.1 Å². The summed E-state index contributed by atoms with van der Waals surface area (Å²) in [6, 6.07) is 8.48. The van der Waals surface area contributed by atoms with Gasteiger partial charge in [0.2, 0.25) is 0 Å². The van der Waals surface area contributed by atoms with Crippen molar-refractivity contribution in [3.05, 3.63) is 29.8 Å². The van der Waals surface area contributed by atoms with Gasteiger partial charge in [-0.15, -0.1) is 0 Å². The van der Waals surface area contributed by atoms with E-state index in [1.807, 2.05) is 18.2 Å². The molecule has 4 nitrogen and oxygen atoms in total. The smallest absolute Gasteiger partial charge is 0.119 e. The molecule has 0 aromatic heterocycles. The molecule has 2 rings (SSSR count). The summed E-state index contributed by atoms with van der Waals surface area (Å²) < 4.78 is 11.0. The zero-order chi connectivity index (χ0) is 15.1. The third kappa shape index (κ3) is 5.30. The largest absolute Gasteiger partial charge is 0.491 e. The maximum Gasteiger partial charge on any atom is 0.119 e. The predicted molar refractivity (Wildman–Crippen MR) is 83.8 cm³/mol. The fourth-order valence-corrected chi connectivity index (χ4v) is 2.75. The van der Waals surface area contributed by atoms with Crippen molar-refractivity contribution in [3.8, 4) is 5.75 Å². The number of nitrogens with one attached hydrogen (secondary N) is 1. The van der Waals surface area contributed by atoms with Gasteiger partial charge in [0.1, 0.15) is 18.5 Å². The second kappa shape index (κ2) is 8.37. The maximum atomic E-state index is 10.0. The van der Waals surface area contributed by atoms with Gasteiger partial charge in [0, 0.05) is 19.7 Å². The molecule has 1 aromatic rings. The Hall–Kier alpha value is -1.10. The van der Waals surface area contributed by atoms with Crippen LogP contribution in [0.15, 0.2) is 24.3 Å². The van der Waals surface area contributed by atoms with Crippen molar-refractivity contribution in [1.29, 1.82) is 0 Å². The summed E-state index contributed by atoms with van der Waals surface area (Å²) in [6.07, 6.45) is 4.12. The highest BCUT2D eigenvalue weighted by Gasteiger charge is 2.24. The summed E-state index contributed by atoms with van der Waals surface area (Å²) in [6.45, 7) is 3.00. The van der Waals surface area contributed by atoms with E-state index in [4.69, 9.17) is 9.47 Å². The SMILES string of the molecule is CCc1cccc(OCC(O)CNC2CCC(OC)C2)c1. The highest BCUT2D eigenvalue weighted by Crippen LogP contribution is 2.21. The molecule has 1 aliphatic rings. The van der Waals surface area contributed by atoms with Crippen LogP contribution in [-0.2, 0) is 11.2 Å². The van der Waals surface area contributed by atoms with E-state index in [-0.39, 0.29) is 0 Å². The van der Waals surface area contributed by atoms with Crippen molar-refractivity contribution in [3.63, 3.8) is 0 Å².